The van der Waals surface area contributed by atoms with Crippen molar-refractivity contribution in [2.45, 2.75) is 24.2 Å². The first-order chi connectivity index (χ1) is 14.8. The third kappa shape index (κ3) is 6.43. The van der Waals surface area contributed by atoms with E-state index in [4.69, 9.17) is 17.0 Å². The highest BCUT2D eigenvalue weighted by molar-refractivity contribution is 8.11. The van der Waals surface area contributed by atoms with Crippen LogP contribution in [0.3, 0.4) is 0 Å². The molecule has 3 rings (SSSR count). The minimum absolute atomic E-state index is 0.0806. The monoisotopic (exact) mass is 479 g/mol. The Morgan fingerprint density at radius 1 is 1.19 bits per heavy atom. The smallest absolute Gasteiger partial charge is 0.244 e. The van der Waals surface area contributed by atoms with Crippen molar-refractivity contribution in [2.24, 2.45) is 0 Å². The molecule has 0 radical (unpaired) electrons. The number of rotatable bonds is 10. The predicted molar refractivity (Wildman–Crippen MR) is 133 cm³/mol. The van der Waals surface area contributed by atoms with E-state index < -0.39 is 10.0 Å². The molecule has 1 heterocycles. The van der Waals surface area contributed by atoms with E-state index in [1.165, 1.54) is 0 Å². The van der Waals surface area contributed by atoms with Crippen LogP contribution in [0.5, 0.6) is 11.5 Å². The first-order valence-electron chi connectivity index (χ1n) is 10.3. The molecule has 1 aliphatic heterocycles. The molecule has 1 N–H and O–H groups in total. The molecule has 0 amide bonds. The van der Waals surface area contributed by atoms with Crippen molar-refractivity contribution >= 4 is 44.8 Å². The first kappa shape index (κ1) is 24.0. The van der Waals surface area contributed by atoms with Crippen molar-refractivity contribution in [3.05, 3.63) is 48.0 Å². The highest BCUT2D eigenvalue weighted by atomic mass is 32.2. The van der Waals surface area contributed by atoms with E-state index in [-0.39, 0.29) is 4.90 Å². The molecule has 0 bridgehead atoms. The van der Waals surface area contributed by atoms with Crippen LogP contribution in [0.2, 0.25) is 0 Å². The van der Waals surface area contributed by atoms with Gasteiger partial charge < -0.3 is 14.5 Å². The fourth-order valence-corrected chi connectivity index (χ4v) is 4.98. The van der Waals surface area contributed by atoms with Gasteiger partial charge in [-0.15, -0.1) is 12.6 Å². The molecule has 0 aromatic heterocycles. The Labute approximate surface area is 196 Å². The summed E-state index contributed by atoms with van der Waals surface area (Å²) in [7, 11) is 0.0853. The summed E-state index contributed by atoms with van der Waals surface area (Å²) in [5, 5.41) is 0. The maximum atomic E-state index is 13.3. The van der Waals surface area contributed by atoms with Gasteiger partial charge in [0.05, 0.1) is 9.88 Å². The number of nitrogens with zero attached hydrogens (tertiary/aromatic N) is 2. The molecular weight excluding hydrogens is 450 g/mol. The molecule has 0 aliphatic carbocycles. The van der Waals surface area contributed by atoms with Gasteiger partial charge in [0.15, 0.2) is 5.75 Å². The first-order valence-corrected chi connectivity index (χ1v) is 12.7. The van der Waals surface area contributed by atoms with Crippen LogP contribution in [-0.2, 0) is 10.0 Å². The maximum Gasteiger partial charge on any atom is 0.244 e. The number of hydrogen-bond donors (Lipinski definition) is 2. The van der Waals surface area contributed by atoms with Gasteiger partial charge in [0.1, 0.15) is 10.6 Å². The summed E-state index contributed by atoms with van der Waals surface area (Å²) in [5.74, 6) is 0.898. The fraction of sp³-hybridized carbons (Fsp3) is 0.409. The van der Waals surface area contributed by atoms with Gasteiger partial charge in [-0.3, -0.25) is 0 Å². The van der Waals surface area contributed by atoms with Crippen LogP contribution in [0.15, 0.2) is 47.4 Å². The molecule has 9 heteroatoms. The van der Waals surface area contributed by atoms with E-state index >= 15 is 0 Å². The van der Waals surface area contributed by atoms with Gasteiger partial charge in [0.2, 0.25) is 10.0 Å². The van der Waals surface area contributed by atoms with Crippen molar-refractivity contribution in [3.63, 3.8) is 0 Å². The van der Waals surface area contributed by atoms with Crippen molar-refractivity contribution in [1.29, 1.82) is 0 Å². The Balaban J connectivity index is 2.06. The lowest BCUT2D eigenvalue weighted by molar-refractivity contribution is 0.400. The molecule has 1 fully saturated rings. The maximum absolute atomic E-state index is 13.3. The van der Waals surface area contributed by atoms with Gasteiger partial charge in [0, 0.05) is 25.2 Å². The van der Waals surface area contributed by atoms with Crippen LogP contribution in [0.1, 0.15) is 24.8 Å². The zero-order chi connectivity index (χ0) is 22.4. The fourth-order valence-electron chi connectivity index (χ4n) is 3.49. The minimum atomic E-state index is -3.83. The average molecular weight is 480 g/mol. The molecule has 2 aromatic rings. The van der Waals surface area contributed by atoms with E-state index in [0.29, 0.717) is 34.2 Å². The molecule has 0 atom stereocenters. The van der Waals surface area contributed by atoms with Crippen molar-refractivity contribution < 1.29 is 13.2 Å². The van der Waals surface area contributed by atoms with E-state index in [1.54, 1.807) is 6.07 Å². The number of sulfonamides is 1. The summed E-state index contributed by atoms with van der Waals surface area (Å²) in [6, 6.07) is 12.7. The van der Waals surface area contributed by atoms with Crippen LogP contribution in [0, 0.1) is 0 Å². The quantitative estimate of drug-likeness (QED) is 0.306. The van der Waals surface area contributed by atoms with Crippen LogP contribution < -0.4 is 14.4 Å². The van der Waals surface area contributed by atoms with Crippen LogP contribution in [0.25, 0.3) is 0 Å². The summed E-state index contributed by atoms with van der Waals surface area (Å²) in [6.07, 6.45) is 2.79. The number of thiol groups is 1. The number of anilines is 1. The van der Waals surface area contributed by atoms with Crippen LogP contribution in [0.4, 0.5) is 5.69 Å². The third-order valence-electron chi connectivity index (χ3n) is 5.06. The molecule has 31 heavy (non-hydrogen) atoms. The number of nitrogens with one attached hydrogen (secondary N) is 1. The highest BCUT2D eigenvalue weighted by Gasteiger charge is 2.28. The largest absolute Gasteiger partial charge is 0.454 e. The van der Waals surface area contributed by atoms with Crippen LogP contribution >= 0.6 is 24.8 Å². The van der Waals surface area contributed by atoms with Crippen LogP contribution in [-0.4, -0.2) is 57.8 Å². The van der Waals surface area contributed by atoms with Crippen molar-refractivity contribution in [2.75, 3.05) is 45.2 Å². The molecule has 0 saturated carbocycles. The third-order valence-corrected chi connectivity index (χ3v) is 7.02. The number of thiocarbonyl (C=S) groups is 1. The topological polar surface area (TPSA) is 61.9 Å². The van der Waals surface area contributed by atoms with Crippen molar-refractivity contribution in [3.8, 4) is 11.5 Å². The minimum Gasteiger partial charge on any atom is -0.454 e. The summed E-state index contributed by atoms with van der Waals surface area (Å²) in [6.45, 7) is 2.79. The van der Waals surface area contributed by atoms with Gasteiger partial charge in [-0.2, -0.15) is 0 Å². The van der Waals surface area contributed by atoms with Gasteiger partial charge in [0.25, 0.3) is 0 Å². The van der Waals surface area contributed by atoms with E-state index in [1.807, 2.05) is 55.4 Å². The Morgan fingerprint density at radius 2 is 1.87 bits per heavy atom. The molecule has 168 valence electrons. The zero-order valence-electron chi connectivity index (χ0n) is 17.9. The highest BCUT2D eigenvalue weighted by Crippen LogP contribution is 2.41. The SMILES string of the molecule is CN(C)CCCNS(=O)(=O)c1cc(C(=S)S)cc(N2CCCC2)c1Oc1ccccc1. The van der Waals surface area contributed by atoms with E-state index in [9.17, 15) is 8.42 Å². The molecule has 1 aliphatic rings. The second-order valence-corrected chi connectivity index (χ2v) is 10.7. The second kappa shape index (κ2) is 10.8. The predicted octanol–water partition coefficient (Wildman–Crippen LogP) is 3.91. The van der Waals surface area contributed by atoms with E-state index in [2.05, 4.69) is 22.3 Å². The van der Waals surface area contributed by atoms with Crippen molar-refractivity contribution in [1.82, 2.24) is 9.62 Å². The lowest BCUT2D eigenvalue weighted by Crippen LogP contribution is -2.28. The summed E-state index contributed by atoms with van der Waals surface area (Å²) < 4.78 is 35.9. The van der Waals surface area contributed by atoms with E-state index in [0.717, 1.165) is 38.2 Å². The normalized spacial score (nSPS) is 14.3. The Bertz CT molecular complexity index is 1010. The standard InChI is InChI=1S/C22H29N3O3S3/c1-24(2)12-8-11-23-31(26,27)20-16-17(22(29)30)15-19(25-13-6-7-14-25)21(20)28-18-9-4-3-5-10-18/h3-5,9-10,15-16,23H,6-8,11-14H2,1-2H3,(H,29,30). The molecule has 0 unspecified atom stereocenters. The second-order valence-electron chi connectivity index (χ2n) is 7.79. The Morgan fingerprint density at radius 3 is 2.48 bits per heavy atom. The average Bonchev–Trinajstić information content (AvgIpc) is 3.26. The number of para-hydroxylation sites is 1. The molecule has 0 spiro atoms. The lowest BCUT2D eigenvalue weighted by atomic mass is 10.2. The van der Waals surface area contributed by atoms with Gasteiger partial charge in [-0.25, -0.2) is 13.1 Å². The Hall–Kier alpha value is -1.65. The molecule has 1 saturated heterocycles. The summed E-state index contributed by atoms with van der Waals surface area (Å²) >= 11 is 9.58. The lowest BCUT2D eigenvalue weighted by Gasteiger charge is -2.24. The number of hydrogen-bond acceptors (Lipinski definition) is 6. The number of benzene rings is 2. The molecule has 2 aromatic carbocycles. The van der Waals surface area contributed by atoms with Gasteiger partial charge >= 0.3 is 0 Å². The number of ether oxygens (including phenoxy) is 1. The summed E-state index contributed by atoms with van der Waals surface area (Å²) in [4.78, 5) is 4.25. The zero-order valence-corrected chi connectivity index (χ0v) is 20.4. The molecular formula is C22H29N3O3S3. The van der Waals surface area contributed by atoms with Gasteiger partial charge in [-0.05, 0) is 64.2 Å². The Kier molecular flexibility index (Phi) is 8.35. The molecule has 6 nitrogen and oxygen atoms in total. The van der Waals surface area contributed by atoms with Gasteiger partial charge in [-0.1, -0.05) is 30.4 Å². The summed E-state index contributed by atoms with van der Waals surface area (Å²) in [5.41, 5.74) is 1.32.